The lowest BCUT2D eigenvalue weighted by atomic mass is 10.2. The van der Waals surface area contributed by atoms with E-state index in [0.717, 1.165) is 0 Å². The van der Waals surface area contributed by atoms with Crippen molar-refractivity contribution in [1.29, 1.82) is 0 Å². The van der Waals surface area contributed by atoms with Crippen LogP contribution in [0.5, 0.6) is 0 Å². The van der Waals surface area contributed by atoms with Gasteiger partial charge in [0.1, 0.15) is 17.7 Å². The first-order valence-corrected chi connectivity index (χ1v) is 6.58. The van der Waals surface area contributed by atoms with Crippen molar-refractivity contribution in [3.8, 4) is 0 Å². The third-order valence-electron chi connectivity index (χ3n) is 2.67. The molecule has 1 heterocycles. The third kappa shape index (κ3) is 5.00. The van der Waals surface area contributed by atoms with Crippen LogP contribution in [0.15, 0.2) is 10.9 Å². The summed E-state index contributed by atoms with van der Waals surface area (Å²) in [4.78, 5) is 30.3. The van der Waals surface area contributed by atoms with Crippen LogP contribution in [-0.2, 0) is 9.53 Å². The number of hydrogen-bond acceptors (Lipinski definition) is 5. The SMILES string of the molecule is COCCNC(=O)C(C)Nc1cc(=O)[nH]c(C(C)C)n1. The fraction of sp³-hybridized carbons (Fsp3) is 0.615. The summed E-state index contributed by atoms with van der Waals surface area (Å²) in [5, 5.41) is 5.64. The Morgan fingerprint density at radius 2 is 2.15 bits per heavy atom. The van der Waals surface area contributed by atoms with Crippen molar-refractivity contribution < 1.29 is 9.53 Å². The lowest BCUT2D eigenvalue weighted by molar-refractivity contribution is -0.121. The maximum atomic E-state index is 11.8. The molecule has 3 N–H and O–H groups in total. The number of hydrogen-bond donors (Lipinski definition) is 3. The summed E-state index contributed by atoms with van der Waals surface area (Å²) in [6.45, 7) is 6.48. The Bertz CT molecular complexity index is 499. The van der Waals surface area contributed by atoms with Crippen LogP contribution >= 0.6 is 0 Å². The predicted octanol–water partition coefficient (Wildman–Crippen LogP) is 0.456. The van der Waals surface area contributed by atoms with Crippen LogP contribution in [0.3, 0.4) is 0 Å². The second-order valence-electron chi connectivity index (χ2n) is 4.82. The third-order valence-corrected chi connectivity index (χ3v) is 2.67. The van der Waals surface area contributed by atoms with E-state index in [4.69, 9.17) is 4.74 Å². The van der Waals surface area contributed by atoms with Crippen molar-refractivity contribution in [2.45, 2.75) is 32.7 Å². The molecule has 0 saturated carbocycles. The van der Waals surface area contributed by atoms with Gasteiger partial charge in [-0.2, -0.15) is 0 Å². The normalized spacial score (nSPS) is 12.2. The van der Waals surface area contributed by atoms with Crippen LogP contribution in [0.4, 0.5) is 5.82 Å². The van der Waals surface area contributed by atoms with Gasteiger partial charge in [0.2, 0.25) is 5.91 Å². The second-order valence-corrected chi connectivity index (χ2v) is 4.82. The van der Waals surface area contributed by atoms with Gasteiger partial charge in [-0.15, -0.1) is 0 Å². The maximum absolute atomic E-state index is 11.8. The number of methoxy groups -OCH3 is 1. The van der Waals surface area contributed by atoms with E-state index in [9.17, 15) is 9.59 Å². The van der Waals surface area contributed by atoms with E-state index in [-0.39, 0.29) is 17.4 Å². The van der Waals surface area contributed by atoms with E-state index in [1.807, 2.05) is 13.8 Å². The molecule has 0 aliphatic rings. The van der Waals surface area contributed by atoms with Gasteiger partial charge in [-0.25, -0.2) is 4.98 Å². The number of ether oxygens (including phenoxy) is 1. The minimum absolute atomic E-state index is 0.107. The zero-order chi connectivity index (χ0) is 15.1. The van der Waals surface area contributed by atoms with Crippen molar-refractivity contribution >= 4 is 11.7 Å². The molecule has 1 aromatic heterocycles. The lowest BCUT2D eigenvalue weighted by Crippen LogP contribution is -2.39. The molecule has 0 saturated heterocycles. The summed E-state index contributed by atoms with van der Waals surface area (Å²) in [7, 11) is 1.57. The second kappa shape index (κ2) is 7.64. The minimum Gasteiger partial charge on any atom is -0.383 e. The van der Waals surface area contributed by atoms with Crippen LogP contribution in [0.1, 0.15) is 32.5 Å². The summed E-state index contributed by atoms with van der Waals surface area (Å²) >= 11 is 0. The summed E-state index contributed by atoms with van der Waals surface area (Å²) < 4.78 is 4.86. The highest BCUT2D eigenvalue weighted by Gasteiger charge is 2.13. The van der Waals surface area contributed by atoms with Gasteiger partial charge in [0.15, 0.2) is 0 Å². The first-order valence-electron chi connectivity index (χ1n) is 6.58. The summed E-state index contributed by atoms with van der Waals surface area (Å²) in [6, 6.07) is 0.853. The number of rotatable bonds is 7. The molecule has 0 aromatic carbocycles. The van der Waals surface area contributed by atoms with Gasteiger partial charge >= 0.3 is 0 Å². The molecule has 7 nitrogen and oxygen atoms in total. The van der Waals surface area contributed by atoms with Gasteiger partial charge in [-0.05, 0) is 6.92 Å². The first-order chi connectivity index (χ1) is 9.43. The van der Waals surface area contributed by atoms with Gasteiger partial charge in [0.05, 0.1) is 6.61 Å². The summed E-state index contributed by atoms with van der Waals surface area (Å²) in [6.07, 6.45) is 0. The Hall–Kier alpha value is -1.89. The van der Waals surface area contributed by atoms with Crippen LogP contribution in [0.2, 0.25) is 0 Å². The van der Waals surface area contributed by atoms with Crippen LogP contribution in [0.25, 0.3) is 0 Å². The van der Waals surface area contributed by atoms with Crippen LogP contribution in [0, 0.1) is 0 Å². The van der Waals surface area contributed by atoms with Crippen molar-refractivity contribution in [3.05, 3.63) is 22.2 Å². The van der Waals surface area contributed by atoms with E-state index in [0.29, 0.717) is 24.8 Å². The smallest absolute Gasteiger partial charge is 0.252 e. The summed E-state index contributed by atoms with van der Waals surface area (Å²) in [5.41, 5.74) is -0.238. The molecule has 1 rings (SSSR count). The molecule has 1 aromatic rings. The average Bonchev–Trinajstić information content (AvgIpc) is 2.38. The predicted molar refractivity (Wildman–Crippen MR) is 76.9 cm³/mol. The van der Waals surface area contributed by atoms with Crippen molar-refractivity contribution in [2.75, 3.05) is 25.6 Å². The van der Waals surface area contributed by atoms with E-state index >= 15 is 0 Å². The Labute approximate surface area is 118 Å². The van der Waals surface area contributed by atoms with E-state index in [2.05, 4.69) is 20.6 Å². The van der Waals surface area contributed by atoms with E-state index < -0.39 is 6.04 Å². The molecule has 20 heavy (non-hydrogen) atoms. The van der Waals surface area contributed by atoms with Gasteiger partial charge in [-0.3, -0.25) is 9.59 Å². The molecule has 0 aliphatic carbocycles. The Morgan fingerprint density at radius 1 is 1.45 bits per heavy atom. The number of nitrogens with one attached hydrogen (secondary N) is 3. The Morgan fingerprint density at radius 3 is 2.75 bits per heavy atom. The average molecular weight is 282 g/mol. The highest BCUT2D eigenvalue weighted by atomic mass is 16.5. The largest absolute Gasteiger partial charge is 0.383 e. The van der Waals surface area contributed by atoms with E-state index in [1.54, 1.807) is 14.0 Å². The van der Waals surface area contributed by atoms with Crippen molar-refractivity contribution in [1.82, 2.24) is 15.3 Å². The number of amides is 1. The Kier molecular flexibility index (Phi) is 6.17. The van der Waals surface area contributed by atoms with Crippen molar-refractivity contribution in [3.63, 3.8) is 0 Å². The molecule has 1 unspecified atom stereocenters. The highest BCUT2D eigenvalue weighted by molar-refractivity contribution is 5.83. The lowest BCUT2D eigenvalue weighted by Gasteiger charge is -2.15. The molecule has 1 amide bonds. The van der Waals surface area contributed by atoms with Gasteiger partial charge in [-0.1, -0.05) is 13.8 Å². The maximum Gasteiger partial charge on any atom is 0.252 e. The molecule has 0 spiro atoms. The first kappa shape index (κ1) is 16.2. The molecule has 0 bridgehead atoms. The molecule has 0 fully saturated rings. The fourth-order valence-corrected chi connectivity index (χ4v) is 1.54. The topological polar surface area (TPSA) is 96.1 Å². The summed E-state index contributed by atoms with van der Waals surface area (Å²) in [5.74, 6) is 0.921. The highest BCUT2D eigenvalue weighted by Crippen LogP contribution is 2.09. The van der Waals surface area contributed by atoms with Crippen LogP contribution in [-0.4, -0.2) is 42.2 Å². The molecular formula is C13H22N4O3. The number of aromatic amines is 1. The van der Waals surface area contributed by atoms with Gasteiger partial charge < -0.3 is 20.4 Å². The quantitative estimate of drug-likeness (QED) is 0.631. The number of nitrogens with zero attached hydrogens (tertiary/aromatic N) is 1. The van der Waals surface area contributed by atoms with Crippen LogP contribution < -0.4 is 16.2 Å². The molecule has 1 atom stereocenters. The Balaban J connectivity index is 2.68. The monoisotopic (exact) mass is 282 g/mol. The van der Waals surface area contributed by atoms with E-state index in [1.165, 1.54) is 6.07 Å². The zero-order valence-electron chi connectivity index (χ0n) is 12.3. The number of carbonyl (C=O) groups excluding carboxylic acids is 1. The molecule has 112 valence electrons. The fourth-order valence-electron chi connectivity index (χ4n) is 1.54. The van der Waals surface area contributed by atoms with Crippen molar-refractivity contribution in [2.24, 2.45) is 0 Å². The standard InChI is InChI=1S/C13H22N4O3/c1-8(2)12-16-10(7-11(18)17-12)15-9(3)13(19)14-5-6-20-4/h7-9H,5-6H2,1-4H3,(H,14,19)(H2,15,16,17,18). The van der Waals surface area contributed by atoms with Gasteiger partial charge in [0, 0.05) is 25.6 Å². The molecule has 7 heteroatoms. The number of carbonyl (C=O) groups is 1. The minimum atomic E-state index is -0.485. The number of anilines is 1. The zero-order valence-corrected chi connectivity index (χ0v) is 12.3. The number of aromatic nitrogens is 2. The van der Waals surface area contributed by atoms with Gasteiger partial charge in [0.25, 0.3) is 5.56 Å². The molecule has 0 aliphatic heterocycles. The molecular weight excluding hydrogens is 260 g/mol. The number of H-pyrrole nitrogens is 1. The molecule has 0 radical (unpaired) electrons.